The molecule has 0 N–H and O–H groups in total. The molecule has 0 amide bonds. The van der Waals surface area contributed by atoms with E-state index in [0.29, 0.717) is 0 Å². The van der Waals surface area contributed by atoms with Crippen LogP contribution in [0.1, 0.15) is 68.7 Å². The molecule has 0 saturated carbocycles. The highest BCUT2D eigenvalue weighted by Crippen LogP contribution is 2.50. The number of fused-ring (bicyclic) bond motifs is 2. The molecule has 0 spiro atoms. The van der Waals surface area contributed by atoms with Gasteiger partial charge in [-0.25, -0.2) is 0 Å². The summed E-state index contributed by atoms with van der Waals surface area (Å²) in [6, 6.07) is 14.1. The van der Waals surface area contributed by atoms with Crippen molar-refractivity contribution in [2.45, 2.75) is 58.8 Å². The van der Waals surface area contributed by atoms with Crippen LogP contribution in [0.5, 0.6) is 0 Å². The molecular formula is C29H30. The van der Waals surface area contributed by atoms with Gasteiger partial charge in [-0.05, 0) is 96.2 Å². The first-order chi connectivity index (χ1) is 14.0. The molecule has 146 valence electrons. The van der Waals surface area contributed by atoms with Gasteiger partial charge >= 0.3 is 0 Å². The molecule has 0 aromatic heterocycles. The van der Waals surface area contributed by atoms with E-state index < -0.39 is 0 Å². The highest BCUT2D eigenvalue weighted by molar-refractivity contribution is 5.89. The van der Waals surface area contributed by atoms with Crippen molar-refractivity contribution < 1.29 is 0 Å². The summed E-state index contributed by atoms with van der Waals surface area (Å²) < 4.78 is 0. The van der Waals surface area contributed by atoms with Crippen molar-refractivity contribution in [1.29, 1.82) is 0 Å². The summed E-state index contributed by atoms with van der Waals surface area (Å²) in [6.45, 7) is 9.32. The zero-order valence-corrected chi connectivity index (χ0v) is 18.1. The zero-order valence-electron chi connectivity index (χ0n) is 18.1. The molecule has 5 rings (SSSR count). The maximum atomic E-state index is 2.45. The summed E-state index contributed by atoms with van der Waals surface area (Å²) in [5, 5.41) is 0. The lowest BCUT2D eigenvalue weighted by Crippen LogP contribution is -2.17. The van der Waals surface area contributed by atoms with Gasteiger partial charge in [0.2, 0.25) is 0 Å². The number of allylic oxidation sites excluding steroid dienone is 8. The Labute approximate surface area is 175 Å². The van der Waals surface area contributed by atoms with Gasteiger partial charge in [-0.1, -0.05) is 73.6 Å². The predicted molar refractivity (Wildman–Crippen MR) is 126 cm³/mol. The molecule has 0 heteroatoms. The third-order valence-corrected chi connectivity index (χ3v) is 7.20. The van der Waals surface area contributed by atoms with Gasteiger partial charge in [-0.2, -0.15) is 0 Å². The largest absolute Gasteiger partial charge is 0.0836 e. The topological polar surface area (TPSA) is 0 Å². The Balaban J connectivity index is 1.61. The van der Waals surface area contributed by atoms with Crippen LogP contribution in [0, 0.1) is 6.92 Å². The summed E-state index contributed by atoms with van der Waals surface area (Å²) in [5.41, 5.74) is 14.5. The van der Waals surface area contributed by atoms with Crippen LogP contribution in [0.3, 0.4) is 0 Å². The molecule has 0 aliphatic heterocycles. The van der Waals surface area contributed by atoms with Crippen LogP contribution in [-0.4, -0.2) is 0 Å². The molecule has 0 saturated heterocycles. The second-order valence-electron chi connectivity index (χ2n) is 9.38. The van der Waals surface area contributed by atoms with Gasteiger partial charge in [0.1, 0.15) is 0 Å². The van der Waals surface area contributed by atoms with Crippen molar-refractivity contribution in [1.82, 2.24) is 0 Å². The minimum absolute atomic E-state index is 0.129. The van der Waals surface area contributed by atoms with Gasteiger partial charge in [0, 0.05) is 5.41 Å². The Morgan fingerprint density at radius 2 is 1.41 bits per heavy atom. The molecule has 3 aliphatic carbocycles. The summed E-state index contributed by atoms with van der Waals surface area (Å²) in [4.78, 5) is 0. The Bertz CT molecular complexity index is 1130. The van der Waals surface area contributed by atoms with E-state index in [-0.39, 0.29) is 5.41 Å². The number of aryl methyl sites for hydroxylation is 1. The highest BCUT2D eigenvalue weighted by atomic mass is 14.4. The monoisotopic (exact) mass is 378 g/mol. The summed E-state index contributed by atoms with van der Waals surface area (Å²) >= 11 is 0. The summed E-state index contributed by atoms with van der Waals surface area (Å²) in [6.07, 6.45) is 14.0. The molecule has 0 bridgehead atoms. The fourth-order valence-corrected chi connectivity index (χ4v) is 5.39. The molecule has 3 aliphatic rings. The molecule has 0 nitrogen and oxygen atoms in total. The molecule has 0 unspecified atom stereocenters. The highest BCUT2D eigenvalue weighted by Gasteiger charge is 2.37. The van der Waals surface area contributed by atoms with Crippen molar-refractivity contribution in [3.05, 3.63) is 94.1 Å². The average Bonchev–Trinajstić information content (AvgIpc) is 2.96. The van der Waals surface area contributed by atoms with Crippen LogP contribution in [0.15, 0.2) is 71.8 Å². The van der Waals surface area contributed by atoms with Crippen molar-refractivity contribution in [3.63, 3.8) is 0 Å². The lowest BCUT2D eigenvalue weighted by molar-refractivity contribution is 0.607. The van der Waals surface area contributed by atoms with Crippen LogP contribution >= 0.6 is 0 Å². The number of hydrogen-bond acceptors (Lipinski definition) is 0. The van der Waals surface area contributed by atoms with Crippen molar-refractivity contribution in [3.8, 4) is 11.1 Å². The fourth-order valence-electron chi connectivity index (χ4n) is 5.39. The van der Waals surface area contributed by atoms with Crippen molar-refractivity contribution >= 4 is 11.1 Å². The van der Waals surface area contributed by atoms with Crippen LogP contribution in [0.25, 0.3) is 22.3 Å². The third kappa shape index (κ3) is 2.89. The molecule has 0 heterocycles. The van der Waals surface area contributed by atoms with Crippen LogP contribution in [0.4, 0.5) is 0 Å². The van der Waals surface area contributed by atoms with Gasteiger partial charge in [0.15, 0.2) is 0 Å². The number of rotatable bonds is 2. The Kier molecular flexibility index (Phi) is 4.28. The molecule has 29 heavy (non-hydrogen) atoms. The van der Waals surface area contributed by atoms with Gasteiger partial charge in [0.05, 0.1) is 0 Å². The van der Waals surface area contributed by atoms with Crippen LogP contribution in [0.2, 0.25) is 0 Å². The minimum Gasteiger partial charge on any atom is -0.0836 e. The van der Waals surface area contributed by atoms with E-state index in [9.17, 15) is 0 Å². The van der Waals surface area contributed by atoms with E-state index >= 15 is 0 Å². The zero-order chi connectivity index (χ0) is 20.2. The first-order valence-corrected chi connectivity index (χ1v) is 11.0. The van der Waals surface area contributed by atoms with E-state index in [1.54, 1.807) is 5.57 Å². The predicted octanol–water partition coefficient (Wildman–Crippen LogP) is 8.18. The Morgan fingerprint density at radius 3 is 2.21 bits per heavy atom. The van der Waals surface area contributed by atoms with Crippen LogP contribution < -0.4 is 0 Å². The lowest BCUT2D eigenvalue weighted by Gasteiger charge is -2.26. The first-order valence-electron chi connectivity index (χ1n) is 11.0. The normalized spacial score (nSPS) is 19.6. The lowest BCUT2D eigenvalue weighted by atomic mass is 9.78. The van der Waals surface area contributed by atoms with Gasteiger partial charge in [-0.15, -0.1) is 0 Å². The smallest absolute Gasteiger partial charge is 0.0121 e. The molecule has 2 aromatic rings. The Hall–Kier alpha value is -2.60. The second kappa shape index (κ2) is 6.73. The quantitative estimate of drug-likeness (QED) is 0.494. The molecule has 0 fully saturated rings. The van der Waals surface area contributed by atoms with Crippen molar-refractivity contribution in [2.24, 2.45) is 0 Å². The van der Waals surface area contributed by atoms with Gasteiger partial charge in [-0.3, -0.25) is 0 Å². The number of benzene rings is 2. The second-order valence-corrected chi connectivity index (χ2v) is 9.38. The summed E-state index contributed by atoms with van der Waals surface area (Å²) in [5.74, 6) is 0. The minimum atomic E-state index is 0.129. The maximum absolute atomic E-state index is 2.45. The Morgan fingerprint density at radius 1 is 0.724 bits per heavy atom. The van der Waals surface area contributed by atoms with Gasteiger partial charge < -0.3 is 0 Å². The molecular weight excluding hydrogens is 348 g/mol. The van der Waals surface area contributed by atoms with Crippen molar-refractivity contribution in [2.75, 3.05) is 0 Å². The molecule has 0 radical (unpaired) electrons. The maximum Gasteiger partial charge on any atom is 0.0121 e. The first kappa shape index (κ1) is 18.4. The van der Waals surface area contributed by atoms with E-state index in [1.165, 1.54) is 75.8 Å². The standard InChI is InChI=1S/C29H30/c1-19-9-5-6-10-23(19)26-17-21(14-13-20(26)2)22-15-16-25-24-11-7-8-12-27(24)29(3,4)28(25)18-22/h6-7,10-11,13-18H,5,8-9,12H2,1-4H3. The van der Waals surface area contributed by atoms with Crippen LogP contribution in [-0.2, 0) is 5.41 Å². The third-order valence-electron chi connectivity index (χ3n) is 7.20. The SMILES string of the molecule is CC1=C(c2cc(-c3ccc4c(c3)C(C)(C)C3=C4C=CCC3)ccc2C)C=CCC1. The van der Waals surface area contributed by atoms with Gasteiger partial charge in [0.25, 0.3) is 0 Å². The van der Waals surface area contributed by atoms with E-state index in [1.807, 2.05) is 0 Å². The van der Waals surface area contributed by atoms with E-state index in [0.717, 1.165) is 0 Å². The molecule has 0 atom stereocenters. The van der Waals surface area contributed by atoms with E-state index in [4.69, 9.17) is 0 Å². The van der Waals surface area contributed by atoms with E-state index in [2.05, 4.69) is 88.4 Å². The summed E-state index contributed by atoms with van der Waals surface area (Å²) in [7, 11) is 0. The fraction of sp³-hybridized carbons (Fsp3) is 0.310. The number of hydrogen-bond donors (Lipinski definition) is 0. The average molecular weight is 379 g/mol. The molecule has 2 aromatic carbocycles.